The second-order valence-corrected chi connectivity index (χ2v) is 13.2. The molecule has 0 aliphatic rings. The summed E-state index contributed by atoms with van der Waals surface area (Å²) in [5.41, 5.74) is 10.7. The van der Waals surface area contributed by atoms with E-state index in [-0.39, 0.29) is 0 Å². The lowest BCUT2D eigenvalue weighted by Gasteiger charge is -2.26. The van der Waals surface area contributed by atoms with E-state index in [0.717, 1.165) is 55.7 Å². The molecule has 3 aromatic heterocycles. The third kappa shape index (κ3) is 4.06. The lowest BCUT2D eigenvalue weighted by molar-refractivity contribution is 0.673. The molecule has 0 saturated carbocycles. The Kier molecular flexibility index (Phi) is 6.05. The summed E-state index contributed by atoms with van der Waals surface area (Å²) in [6.07, 6.45) is 0. The van der Waals surface area contributed by atoms with E-state index in [9.17, 15) is 0 Å². The van der Waals surface area contributed by atoms with Crippen LogP contribution in [0, 0.1) is 0 Å². The molecule has 0 fully saturated rings. The highest BCUT2D eigenvalue weighted by molar-refractivity contribution is 7.26. The van der Waals surface area contributed by atoms with Gasteiger partial charge in [0.05, 0.1) is 21.6 Å². The number of aromatic nitrogens is 1. The van der Waals surface area contributed by atoms with Gasteiger partial charge in [-0.2, -0.15) is 0 Å². The lowest BCUT2D eigenvalue weighted by Crippen LogP contribution is -2.10. The average Bonchev–Trinajstić information content (AvgIpc) is 3.83. The van der Waals surface area contributed by atoms with Crippen molar-refractivity contribution in [1.29, 1.82) is 0 Å². The lowest BCUT2D eigenvalue weighted by atomic mass is 10.0. The number of fused-ring (bicyclic) bond motifs is 8. The van der Waals surface area contributed by atoms with Crippen LogP contribution in [-0.2, 0) is 0 Å². The Labute approximate surface area is 281 Å². The molecule has 0 spiro atoms. The second kappa shape index (κ2) is 10.7. The molecule has 3 nitrogen and oxygen atoms in total. The number of hydrogen-bond acceptors (Lipinski definition) is 3. The minimum absolute atomic E-state index is 0.864. The summed E-state index contributed by atoms with van der Waals surface area (Å²) in [6, 6.07) is 60.5. The zero-order valence-corrected chi connectivity index (χ0v) is 26.7. The molecular formula is C44H28N2OS. The SMILES string of the molecule is c1ccc(-c2ccc(N(c3cccc4c3oc3c5ccccc5n(-c5ccccc5)c43)c3cccc4c3sc3ccccc34)cc2)cc1. The maximum atomic E-state index is 7.03. The van der Waals surface area contributed by atoms with E-state index in [0.29, 0.717) is 0 Å². The Hall–Kier alpha value is -6.10. The first-order valence-corrected chi connectivity index (χ1v) is 17.0. The molecule has 0 saturated heterocycles. The van der Waals surface area contributed by atoms with Gasteiger partial charge in [0.1, 0.15) is 5.52 Å². The van der Waals surface area contributed by atoms with E-state index in [2.05, 4.69) is 179 Å². The maximum Gasteiger partial charge on any atom is 0.161 e. The molecule has 0 N–H and O–H groups in total. The van der Waals surface area contributed by atoms with Gasteiger partial charge >= 0.3 is 0 Å². The van der Waals surface area contributed by atoms with Crippen LogP contribution in [0.3, 0.4) is 0 Å². The summed E-state index contributed by atoms with van der Waals surface area (Å²) in [6.45, 7) is 0. The molecular weight excluding hydrogens is 605 g/mol. The number of thiophene rings is 1. The van der Waals surface area contributed by atoms with Crippen LogP contribution < -0.4 is 4.90 Å². The van der Waals surface area contributed by atoms with Crippen LogP contribution in [0.4, 0.5) is 17.1 Å². The van der Waals surface area contributed by atoms with Crippen molar-refractivity contribution < 1.29 is 4.42 Å². The molecule has 10 aromatic rings. The Bertz CT molecular complexity index is 2770. The van der Waals surface area contributed by atoms with Crippen molar-refractivity contribution in [1.82, 2.24) is 4.57 Å². The van der Waals surface area contributed by atoms with Crippen LogP contribution in [0.5, 0.6) is 0 Å². The van der Waals surface area contributed by atoms with Gasteiger partial charge in [-0.3, -0.25) is 0 Å². The summed E-state index contributed by atoms with van der Waals surface area (Å²) in [5, 5.41) is 4.72. The smallest absolute Gasteiger partial charge is 0.161 e. The standard InChI is InChI=1S/C44H28N2OS/c1-3-13-29(14-4-1)30-25-27-32(28-26-30)45(39-23-11-19-34-33-17-8-10-24-40(33)48-44(34)39)38-22-12-20-36-41-43(47-42(36)38)35-18-7-9-21-37(35)46(41)31-15-5-2-6-16-31/h1-28H. The van der Waals surface area contributed by atoms with E-state index >= 15 is 0 Å². The van der Waals surface area contributed by atoms with Crippen molar-refractivity contribution >= 4 is 81.5 Å². The van der Waals surface area contributed by atoms with Gasteiger partial charge in [0.25, 0.3) is 0 Å². The molecule has 48 heavy (non-hydrogen) atoms. The first-order valence-electron chi connectivity index (χ1n) is 16.2. The number of hydrogen-bond donors (Lipinski definition) is 0. The Balaban J connectivity index is 1.27. The maximum absolute atomic E-state index is 7.03. The van der Waals surface area contributed by atoms with Crippen molar-refractivity contribution in [2.24, 2.45) is 0 Å². The topological polar surface area (TPSA) is 21.3 Å². The van der Waals surface area contributed by atoms with E-state index in [1.807, 2.05) is 11.3 Å². The highest BCUT2D eigenvalue weighted by Crippen LogP contribution is 2.48. The fraction of sp³-hybridized carbons (Fsp3) is 0. The van der Waals surface area contributed by atoms with Crippen molar-refractivity contribution in [2.75, 3.05) is 4.90 Å². The van der Waals surface area contributed by atoms with E-state index < -0.39 is 0 Å². The van der Waals surface area contributed by atoms with Gasteiger partial charge in [-0.05, 0) is 71.8 Å². The highest BCUT2D eigenvalue weighted by atomic mass is 32.1. The molecule has 10 rings (SSSR count). The number of benzene rings is 7. The van der Waals surface area contributed by atoms with Crippen LogP contribution in [-0.4, -0.2) is 4.57 Å². The van der Waals surface area contributed by atoms with E-state index in [1.54, 1.807) is 0 Å². The average molecular weight is 633 g/mol. The summed E-state index contributed by atoms with van der Waals surface area (Å²) >= 11 is 1.84. The van der Waals surface area contributed by atoms with Crippen molar-refractivity contribution in [3.63, 3.8) is 0 Å². The van der Waals surface area contributed by atoms with Crippen molar-refractivity contribution in [3.05, 3.63) is 170 Å². The number of nitrogens with zero attached hydrogens (tertiary/aromatic N) is 2. The van der Waals surface area contributed by atoms with Gasteiger partial charge < -0.3 is 13.9 Å². The Morgan fingerprint density at radius 1 is 0.458 bits per heavy atom. The summed E-state index contributed by atoms with van der Waals surface area (Å²) < 4.78 is 11.9. The first kappa shape index (κ1) is 27.1. The molecule has 0 aliphatic heterocycles. The minimum atomic E-state index is 0.864. The van der Waals surface area contributed by atoms with Gasteiger partial charge in [-0.1, -0.05) is 109 Å². The summed E-state index contributed by atoms with van der Waals surface area (Å²) in [7, 11) is 0. The third-order valence-electron chi connectivity index (χ3n) is 9.39. The zero-order chi connectivity index (χ0) is 31.6. The van der Waals surface area contributed by atoms with Gasteiger partial charge in [0, 0.05) is 37.6 Å². The molecule has 0 unspecified atom stereocenters. The fourth-order valence-corrected chi connectivity index (χ4v) is 8.45. The number of anilines is 3. The Morgan fingerprint density at radius 2 is 1.08 bits per heavy atom. The zero-order valence-electron chi connectivity index (χ0n) is 25.9. The quantitative estimate of drug-likeness (QED) is 0.188. The molecule has 3 heterocycles. The van der Waals surface area contributed by atoms with Crippen LogP contribution >= 0.6 is 11.3 Å². The monoisotopic (exact) mass is 632 g/mol. The van der Waals surface area contributed by atoms with Crippen molar-refractivity contribution in [2.45, 2.75) is 0 Å². The van der Waals surface area contributed by atoms with E-state index in [4.69, 9.17) is 4.42 Å². The van der Waals surface area contributed by atoms with Crippen LogP contribution in [0.1, 0.15) is 0 Å². The highest BCUT2D eigenvalue weighted by Gasteiger charge is 2.25. The molecule has 0 bridgehead atoms. The minimum Gasteiger partial charge on any atom is -0.451 e. The predicted octanol–water partition coefficient (Wildman–Crippen LogP) is 13.0. The van der Waals surface area contributed by atoms with E-state index in [1.165, 1.54) is 31.3 Å². The number of furan rings is 1. The van der Waals surface area contributed by atoms with Gasteiger partial charge in [-0.15, -0.1) is 11.3 Å². The van der Waals surface area contributed by atoms with Crippen LogP contribution in [0.25, 0.3) is 70.0 Å². The van der Waals surface area contributed by atoms with Crippen LogP contribution in [0.15, 0.2) is 174 Å². The molecule has 226 valence electrons. The largest absolute Gasteiger partial charge is 0.451 e. The van der Waals surface area contributed by atoms with Gasteiger partial charge in [-0.25, -0.2) is 0 Å². The Morgan fingerprint density at radius 3 is 1.90 bits per heavy atom. The van der Waals surface area contributed by atoms with Gasteiger partial charge in [0.2, 0.25) is 0 Å². The third-order valence-corrected chi connectivity index (χ3v) is 10.6. The van der Waals surface area contributed by atoms with Crippen molar-refractivity contribution in [3.8, 4) is 16.8 Å². The molecule has 0 atom stereocenters. The summed E-state index contributed by atoms with van der Waals surface area (Å²) in [5.74, 6) is 0. The van der Waals surface area contributed by atoms with Crippen LogP contribution in [0.2, 0.25) is 0 Å². The second-order valence-electron chi connectivity index (χ2n) is 12.1. The summed E-state index contributed by atoms with van der Waals surface area (Å²) in [4.78, 5) is 2.38. The van der Waals surface area contributed by atoms with Gasteiger partial charge in [0.15, 0.2) is 11.2 Å². The molecule has 0 radical (unpaired) electrons. The number of rotatable bonds is 5. The molecule has 7 aromatic carbocycles. The molecule has 0 aliphatic carbocycles. The fourth-order valence-electron chi connectivity index (χ4n) is 7.25. The normalized spacial score (nSPS) is 11.8. The number of para-hydroxylation sites is 3. The first-order chi connectivity index (χ1) is 23.8. The predicted molar refractivity (Wildman–Crippen MR) is 204 cm³/mol. The molecule has 0 amide bonds. The molecule has 4 heteroatoms.